The van der Waals surface area contributed by atoms with E-state index >= 15 is 0 Å². The second-order valence-electron chi connectivity index (χ2n) is 8.04. The van der Waals surface area contributed by atoms with Crippen molar-refractivity contribution in [2.24, 2.45) is 0 Å². The second kappa shape index (κ2) is 6.16. The molecule has 8 heteroatoms. The van der Waals surface area contributed by atoms with Gasteiger partial charge in [0.15, 0.2) is 0 Å². The third-order valence-electron chi connectivity index (χ3n) is 3.51. The van der Waals surface area contributed by atoms with E-state index in [0.29, 0.717) is 0 Å². The van der Waals surface area contributed by atoms with Crippen molar-refractivity contribution in [1.29, 1.82) is 0 Å². The highest BCUT2D eigenvalue weighted by molar-refractivity contribution is 5.68. The van der Waals surface area contributed by atoms with Crippen LogP contribution in [0.1, 0.15) is 60.8 Å². The van der Waals surface area contributed by atoms with Crippen LogP contribution in [-0.4, -0.2) is 45.7 Å². The maximum Gasteiger partial charge on any atom is 0.423 e. The Kier molecular flexibility index (Phi) is 4.77. The molecule has 2 unspecified atom stereocenters. The van der Waals surface area contributed by atoms with Gasteiger partial charge in [0.1, 0.15) is 11.2 Å². The summed E-state index contributed by atoms with van der Waals surface area (Å²) < 4.78 is 10.6. The molecule has 0 radical (unpaired) electrons. The van der Waals surface area contributed by atoms with Crippen molar-refractivity contribution in [1.82, 2.24) is 21.1 Å². The molecule has 8 nitrogen and oxygen atoms in total. The number of carbonyl (C=O) groups is 2. The third kappa shape index (κ3) is 4.97. The van der Waals surface area contributed by atoms with Gasteiger partial charge in [0.25, 0.3) is 0 Å². The van der Waals surface area contributed by atoms with Gasteiger partial charge in [-0.3, -0.25) is 0 Å². The van der Waals surface area contributed by atoms with Gasteiger partial charge in [0.2, 0.25) is 0 Å². The number of nitrogens with one attached hydrogen (secondary N) is 2. The summed E-state index contributed by atoms with van der Waals surface area (Å²) in [6.07, 6.45) is 1.73. The van der Waals surface area contributed by atoms with Crippen molar-refractivity contribution >= 4 is 12.2 Å². The van der Waals surface area contributed by atoms with Crippen molar-refractivity contribution in [2.45, 2.75) is 84.1 Å². The molecule has 2 N–H and O–H groups in total. The number of fused-ring (bicyclic) bond motifs is 2. The van der Waals surface area contributed by atoms with Crippen LogP contribution >= 0.6 is 0 Å². The molecule has 1 saturated heterocycles. The number of hydrazine groups is 3. The summed E-state index contributed by atoms with van der Waals surface area (Å²) in [5, 5.41) is 3.29. The number of hydrogen-bond donors (Lipinski definition) is 2. The Morgan fingerprint density at radius 1 is 0.826 bits per heavy atom. The number of carbonyl (C=O) groups excluding carboxylic acids is 2. The molecule has 1 aliphatic carbocycles. The van der Waals surface area contributed by atoms with Crippen LogP contribution in [0.5, 0.6) is 0 Å². The summed E-state index contributed by atoms with van der Waals surface area (Å²) in [5.74, 6) is 0. The largest absolute Gasteiger partial charge is 0.443 e. The van der Waals surface area contributed by atoms with E-state index in [1.54, 1.807) is 51.8 Å². The lowest BCUT2D eigenvalue weighted by Crippen LogP contribution is -2.62. The first-order chi connectivity index (χ1) is 10.4. The van der Waals surface area contributed by atoms with Gasteiger partial charge in [-0.05, 0) is 60.8 Å². The number of rotatable bonds is 2. The number of ether oxygens (including phenoxy) is 2. The van der Waals surface area contributed by atoms with E-state index in [9.17, 15) is 9.59 Å². The molecule has 0 spiro atoms. The van der Waals surface area contributed by atoms with Crippen LogP contribution in [0.15, 0.2) is 0 Å². The zero-order chi connectivity index (χ0) is 17.4. The summed E-state index contributed by atoms with van der Waals surface area (Å²) in [4.78, 5) is 24.0. The normalized spacial score (nSPS) is 25.3. The van der Waals surface area contributed by atoms with E-state index in [2.05, 4.69) is 10.9 Å². The fraction of sp³-hybridized carbons (Fsp3) is 0.867. The molecule has 0 aromatic rings. The van der Waals surface area contributed by atoms with Gasteiger partial charge < -0.3 is 9.47 Å². The average Bonchev–Trinajstić information content (AvgIpc) is 2.87. The van der Waals surface area contributed by atoms with Crippen LogP contribution in [0.2, 0.25) is 0 Å². The fourth-order valence-corrected chi connectivity index (χ4v) is 2.81. The van der Waals surface area contributed by atoms with Crippen molar-refractivity contribution in [3.63, 3.8) is 0 Å². The first-order valence-electron chi connectivity index (χ1n) is 8.02. The van der Waals surface area contributed by atoms with E-state index in [0.717, 1.165) is 19.3 Å². The molecular formula is C15H28N4O4. The van der Waals surface area contributed by atoms with Gasteiger partial charge in [0.05, 0.1) is 0 Å². The van der Waals surface area contributed by atoms with Gasteiger partial charge in [-0.25, -0.2) is 20.4 Å². The number of nitrogens with zero attached hydrogens (tertiary/aromatic N) is 2. The van der Waals surface area contributed by atoms with Crippen LogP contribution in [-0.2, 0) is 9.47 Å². The van der Waals surface area contributed by atoms with E-state index < -0.39 is 23.4 Å². The summed E-state index contributed by atoms with van der Waals surface area (Å²) in [6.45, 7) is 10.8. The SMILES string of the molecule is CC(C)(C)OC(=O)NN1C2CCC(C2)N1NC(=O)OC(C)(C)C. The highest BCUT2D eigenvalue weighted by atomic mass is 16.6. The first kappa shape index (κ1) is 17.8. The lowest BCUT2D eigenvalue weighted by Gasteiger charge is -2.37. The summed E-state index contributed by atoms with van der Waals surface area (Å²) in [7, 11) is 0. The van der Waals surface area contributed by atoms with Gasteiger partial charge >= 0.3 is 12.2 Å². The van der Waals surface area contributed by atoms with Crippen LogP contribution < -0.4 is 10.9 Å². The Morgan fingerprint density at radius 3 is 1.48 bits per heavy atom. The van der Waals surface area contributed by atoms with Crippen LogP contribution in [0.4, 0.5) is 9.59 Å². The summed E-state index contributed by atoms with van der Waals surface area (Å²) in [6, 6.07) is 0.310. The molecule has 2 atom stereocenters. The molecule has 2 aliphatic rings. The molecule has 0 aromatic carbocycles. The molecule has 1 saturated carbocycles. The third-order valence-corrected chi connectivity index (χ3v) is 3.51. The first-order valence-corrected chi connectivity index (χ1v) is 8.02. The molecule has 2 fully saturated rings. The van der Waals surface area contributed by atoms with E-state index in [1.165, 1.54) is 0 Å². The highest BCUT2D eigenvalue weighted by Gasteiger charge is 2.47. The molecular weight excluding hydrogens is 300 g/mol. The topological polar surface area (TPSA) is 83.1 Å². The predicted molar refractivity (Wildman–Crippen MR) is 83.8 cm³/mol. The molecule has 1 heterocycles. The van der Waals surface area contributed by atoms with E-state index in [4.69, 9.17) is 9.47 Å². The maximum atomic E-state index is 12.0. The zero-order valence-corrected chi connectivity index (χ0v) is 14.8. The molecule has 132 valence electrons. The van der Waals surface area contributed by atoms with E-state index in [-0.39, 0.29) is 12.1 Å². The molecule has 2 amide bonds. The van der Waals surface area contributed by atoms with Gasteiger partial charge in [-0.2, -0.15) is 0 Å². The lowest BCUT2D eigenvalue weighted by molar-refractivity contribution is -0.127. The van der Waals surface area contributed by atoms with Crippen LogP contribution in [0.3, 0.4) is 0 Å². The fourth-order valence-electron chi connectivity index (χ4n) is 2.81. The standard InChI is InChI=1S/C15H28N4O4/c1-14(2,3)22-12(20)16-18-10-7-8-11(9-10)19(18)17-13(21)23-15(4,5)6/h10-11H,7-9H2,1-6H3,(H,16,20)(H,17,21). The quantitative estimate of drug-likeness (QED) is 0.809. The monoisotopic (exact) mass is 328 g/mol. The van der Waals surface area contributed by atoms with Crippen LogP contribution in [0.25, 0.3) is 0 Å². The minimum Gasteiger partial charge on any atom is -0.443 e. The maximum absolute atomic E-state index is 12.0. The molecule has 0 aromatic heterocycles. The number of hydrogen-bond acceptors (Lipinski definition) is 6. The number of amides is 2. The van der Waals surface area contributed by atoms with Crippen LogP contribution in [0, 0.1) is 0 Å². The Morgan fingerprint density at radius 2 is 1.17 bits per heavy atom. The smallest absolute Gasteiger partial charge is 0.423 e. The molecule has 2 rings (SSSR count). The van der Waals surface area contributed by atoms with Gasteiger partial charge in [-0.1, -0.05) is 0 Å². The molecule has 23 heavy (non-hydrogen) atoms. The molecule has 2 bridgehead atoms. The Hall–Kier alpha value is -1.54. The Labute approximate surface area is 137 Å². The Bertz CT molecular complexity index is 427. The molecule has 1 aliphatic heterocycles. The van der Waals surface area contributed by atoms with Gasteiger partial charge in [-0.15, -0.1) is 10.2 Å². The van der Waals surface area contributed by atoms with Gasteiger partial charge in [0, 0.05) is 12.1 Å². The van der Waals surface area contributed by atoms with Crippen molar-refractivity contribution in [3.05, 3.63) is 0 Å². The zero-order valence-electron chi connectivity index (χ0n) is 14.8. The minimum absolute atomic E-state index is 0.155. The van der Waals surface area contributed by atoms with Crippen molar-refractivity contribution < 1.29 is 19.1 Å². The van der Waals surface area contributed by atoms with Crippen molar-refractivity contribution in [2.75, 3.05) is 0 Å². The average molecular weight is 328 g/mol. The lowest BCUT2D eigenvalue weighted by atomic mass is 10.2. The minimum atomic E-state index is -0.577. The summed E-state index contributed by atoms with van der Waals surface area (Å²) >= 11 is 0. The predicted octanol–water partition coefficient (Wildman–Crippen LogP) is 2.32. The van der Waals surface area contributed by atoms with Crippen molar-refractivity contribution in [3.8, 4) is 0 Å². The second-order valence-corrected chi connectivity index (χ2v) is 8.04. The summed E-state index contributed by atoms with van der Waals surface area (Å²) in [5.41, 5.74) is 4.27. The Balaban J connectivity index is 1.97. The highest BCUT2D eigenvalue weighted by Crippen LogP contribution is 2.35. The van der Waals surface area contributed by atoms with E-state index in [1.807, 2.05) is 0 Å².